The smallest absolute Gasteiger partial charge is 0.279 e. The number of rotatable bonds is 2. The Morgan fingerprint density at radius 3 is 2.62 bits per heavy atom. The summed E-state index contributed by atoms with van der Waals surface area (Å²) >= 11 is 1.65. The van der Waals surface area contributed by atoms with E-state index in [0.717, 1.165) is 24.2 Å². The van der Waals surface area contributed by atoms with E-state index in [-0.39, 0.29) is 5.91 Å². The molecule has 0 bridgehead atoms. The van der Waals surface area contributed by atoms with Crippen LogP contribution in [-0.4, -0.2) is 10.5 Å². The Morgan fingerprint density at radius 2 is 1.83 bits per heavy atom. The van der Waals surface area contributed by atoms with Crippen LogP contribution in [0.2, 0.25) is 0 Å². The van der Waals surface area contributed by atoms with Gasteiger partial charge in [-0.1, -0.05) is 42.5 Å². The number of thiazole rings is 1. The minimum Gasteiger partial charge on any atom is -0.316 e. The van der Waals surface area contributed by atoms with E-state index < -0.39 is 0 Å². The van der Waals surface area contributed by atoms with Crippen LogP contribution in [0.25, 0.3) is 11.3 Å². The lowest BCUT2D eigenvalue weighted by atomic mass is 9.93. The summed E-state index contributed by atoms with van der Waals surface area (Å²) in [6.45, 7) is 2.91. The van der Waals surface area contributed by atoms with Crippen molar-refractivity contribution in [2.75, 3.05) is 0 Å². The predicted octanol–water partition coefficient (Wildman–Crippen LogP) is 4.08. The highest BCUT2D eigenvalue weighted by Gasteiger charge is 2.21. The lowest BCUT2D eigenvalue weighted by Crippen LogP contribution is -2.18. The van der Waals surface area contributed by atoms with E-state index in [4.69, 9.17) is 0 Å². The van der Waals surface area contributed by atoms with E-state index in [9.17, 15) is 4.79 Å². The fourth-order valence-electron chi connectivity index (χ4n) is 3.25. The van der Waals surface area contributed by atoms with Crippen molar-refractivity contribution in [3.8, 4) is 11.3 Å². The molecule has 0 aliphatic heterocycles. The molecular weight excluding hydrogens is 316 g/mol. The van der Waals surface area contributed by atoms with Gasteiger partial charge in [-0.25, -0.2) is 0 Å². The van der Waals surface area contributed by atoms with Gasteiger partial charge >= 0.3 is 0 Å². The van der Waals surface area contributed by atoms with E-state index in [1.54, 1.807) is 11.3 Å². The number of nitrogens with zero attached hydrogens (tertiary/aromatic N) is 2. The van der Waals surface area contributed by atoms with E-state index in [0.29, 0.717) is 5.56 Å². The van der Waals surface area contributed by atoms with Crippen molar-refractivity contribution in [2.24, 2.45) is 4.99 Å². The number of amides is 1. The molecular formula is C20H18N2OS. The number of aryl methyl sites for hydroxylation is 2. The van der Waals surface area contributed by atoms with Gasteiger partial charge in [-0.05, 0) is 37.5 Å². The third kappa shape index (κ3) is 2.53. The molecule has 0 N–H and O–H groups in total. The van der Waals surface area contributed by atoms with Crippen LogP contribution in [0, 0.1) is 0 Å². The highest BCUT2D eigenvalue weighted by Crippen LogP contribution is 2.34. The number of aromatic nitrogens is 1. The number of hydrogen-bond donors (Lipinski definition) is 0. The van der Waals surface area contributed by atoms with Gasteiger partial charge in [0.2, 0.25) is 0 Å². The van der Waals surface area contributed by atoms with Gasteiger partial charge in [-0.3, -0.25) is 4.79 Å². The highest BCUT2D eigenvalue weighted by molar-refractivity contribution is 7.09. The Balaban J connectivity index is 1.87. The van der Waals surface area contributed by atoms with Crippen molar-refractivity contribution in [1.29, 1.82) is 0 Å². The highest BCUT2D eigenvalue weighted by atomic mass is 32.1. The van der Waals surface area contributed by atoms with E-state index in [2.05, 4.69) is 40.7 Å². The van der Waals surface area contributed by atoms with Gasteiger partial charge in [-0.15, -0.1) is 11.3 Å². The number of benzene rings is 2. The maximum absolute atomic E-state index is 12.5. The summed E-state index contributed by atoms with van der Waals surface area (Å²) in [4.78, 5) is 19.0. The number of carbonyl (C=O) groups is 1. The molecule has 3 aromatic rings. The Morgan fingerprint density at radius 1 is 1.08 bits per heavy atom. The molecule has 4 heteroatoms. The summed E-state index contributed by atoms with van der Waals surface area (Å²) in [5.41, 5.74) is 4.53. The van der Waals surface area contributed by atoms with Crippen LogP contribution in [0.3, 0.4) is 0 Å². The molecule has 0 atom stereocenters. The van der Waals surface area contributed by atoms with Gasteiger partial charge in [0, 0.05) is 22.5 Å². The Bertz CT molecular complexity index is 967. The summed E-state index contributed by atoms with van der Waals surface area (Å²) in [7, 11) is 0. The molecule has 0 saturated carbocycles. The quantitative estimate of drug-likeness (QED) is 0.695. The molecule has 0 saturated heterocycles. The van der Waals surface area contributed by atoms with Gasteiger partial charge < -0.3 is 4.57 Å². The van der Waals surface area contributed by atoms with Gasteiger partial charge in [-0.2, -0.15) is 4.99 Å². The minimum absolute atomic E-state index is 0.176. The Kier molecular flexibility index (Phi) is 3.90. The second-order valence-electron chi connectivity index (χ2n) is 5.84. The Hall–Kier alpha value is -2.46. The van der Waals surface area contributed by atoms with Crippen molar-refractivity contribution < 1.29 is 4.79 Å². The van der Waals surface area contributed by atoms with E-state index in [1.807, 2.05) is 30.3 Å². The lowest BCUT2D eigenvalue weighted by molar-refractivity contribution is 0.0998. The van der Waals surface area contributed by atoms with Gasteiger partial charge in [0.05, 0.1) is 5.69 Å². The molecule has 1 amide bonds. The van der Waals surface area contributed by atoms with Crippen molar-refractivity contribution in [2.45, 2.75) is 26.3 Å². The topological polar surface area (TPSA) is 34.4 Å². The van der Waals surface area contributed by atoms with Gasteiger partial charge in [0.1, 0.15) is 0 Å². The average Bonchev–Trinajstić information content (AvgIpc) is 3.00. The molecule has 24 heavy (non-hydrogen) atoms. The maximum Gasteiger partial charge on any atom is 0.279 e. The number of carbonyl (C=O) groups excluding carboxylic acids is 1. The predicted molar refractivity (Wildman–Crippen MR) is 97.2 cm³/mol. The van der Waals surface area contributed by atoms with E-state index >= 15 is 0 Å². The van der Waals surface area contributed by atoms with Gasteiger partial charge in [0.25, 0.3) is 5.91 Å². The van der Waals surface area contributed by atoms with Crippen LogP contribution in [0.15, 0.2) is 59.6 Å². The van der Waals surface area contributed by atoms with Crippen LogP contribution in [-0.2, 0) is 19.4 Å². The third-order valence-electron chi connectivity index (χ3n) is 4.41. The fraction of sp³-hybridized carbons (Fsp3) is 0.200. The molecule has 0 fully saturated rings. The zero-order valence-electron chi connectivity index (χ0n) is 13.5. The molecule has 3 nitrogen and oxygen atoms in total. The molecule has 1 heterocycles. The second kappa shape index (κ2) is 6.21. The fourth-order valence-corrected chi connectivity index (χ4v) is 4.45. The van der Waals surface area contributed by atoms with Crippen LogP contribution in [0.1, 0.15) is 27.7 Å². The van der Waals surface area contributed by atoms with Crippen molar-refractivity contribution in [3.63, 3.8) is 0 Å². The third-order valence-corrected chi connectivity index (χ3v) is 5.55. The number of fused-ring (bicyclic) bond motifs is 3. The monoisotopic (exact) mass is 334 g/mol. The second-order valence-corrected chi connectivity index (χ2v) is 6.90. The first-order valence-electron chi connectivity index (χ1n) is 8.23. The van der Waals surface area contributed by atoms with Crippen LogP contribution < -0.4 is 4.80 Å². The summed E-state index contributed by atoms with van der Waals surface area (Å²) in [5, 5.41) is 0. The molecule has 0 radical (unpaired) electrons. The molecule has 0 spiro atoms. The summed E-state index contributed by atoms with van der Waals surface area (Å²) in [6, 6.07) is 17.8. The van der Waals surface area contributed by atoms with Crippen LogP contribution >= 0.6 is 11.3 Å². The summed E-state index contributed by atoms with van der Waals surface area (Å²) in [6.07, 6.45) is 2.07. The first kappa shape index (κ1) is 15.1. The first-order valence-corrected chi connectivity index (χ1v) is 9.04. The van der Waals surface area contributed by atoms with Crippen molar-refractivity contribution in [3.05, 3.63) is 75.4 Å². The zero-order valence-corrected chi connectivity index (χ0v) is 14.3. The van der Waals surface area contributed by atoms with Crippen molar-refractivity contribution >= 4 is 17.2 Å². The molecule has 1 aliphatic rings. The van der Waals surface area contributed by atoms with Crippen LogP contribution in [0.4, 0.5) is 0 Å². The normalized spacial score (nSPS) is 13.5. The zero-order chi connectivity index (χ0) is 16.5. The average molecular weight is 334 g/mol. The summed E-state index contributed by atoms with van der Waals surface area (Å²) in [5.74, 6) is -0.176. The van der Waals surface area contributed by atoms with Gasteiger partial charge in [0.15, 0.2) is 4.80 Å². The first-order chi connectivity index (χ1) is 11.8. The molecule has 120 valence electrons. The molecule has 2 aromatic carbocycles. The molecule has 1 aliphatic carbocycles. The SMILES string of the molecule is CCn1c2c(sc1=NC(=O)c1ccccc1)CCc1ccccc1-2. The molecule has 0 unspecified atom stereocenters. The Labute approximate surface area is 144 Å². The maximum atomic E-state index is 12.5. The molecule has 1 aromatic heterocycles. The minimum atomic E-state index is -0.176. The lowest BCUT2D eigenvalue weighted by Gasteiger charge is -2.17. The van der Waals surface area contributed by atoms with Crippen LogP contribution in [0.5, 0.6) is 0 Å². The molecule has 4 rings (SSSR count). The number of hydrogen-bond acceptors (Lipinski definition) is 2. The largest absolute Gasteiger partial charge is 0.316 e. The summed E-state index contributed by atoms with van der Waals surface area (Å²) < 4.78 is 2.18. The standard InChI is InChI=1S/C20H18N2OS/c1-2-22-18-16-11-7-6-8-14(16)12-13-17(18)24-20(22)21-19(23)15-9-4-3-5-10-15/h3-11H,2,12-13H2,1H3. The van der Waals surface area contributed by atoms with Crippen molar-refractivity contribution in [1.82, 2.24) is 4.57 Å². The van der Waals surface area contributed by atoms with E-state index in [1.165, 1.54) is 21.7 Å².